The van der Waals surface area contributed by atoms with Crippen molar-refractivity contribution in [1.82, 2.24) is 4.98 Å². The highest BCUT2D eigenvalue weighted by atomic mass is 32.1. The number of hydrogen-bond donors (Lipinski definition) is 0. The van der Waals surface area contributed by atoms with Gasteiger partial charge >= 0.3 is 5.97 Å². The molecule has 0 saturated heterocycles. The SMILES string of the molecule is CCOC(=O)c1scnc1-c1cc(F)cc(F)c1. The van der Waals surface area contributed by atoms with Gasteiger partial charge in [-0.2, -0.15) is 0 Å². The molecular formula is C12H9F2NO2S. The van der Waals surface area contributed by atoms with Crippen molar-refractivity contribution in [2.45, 2.75) is 6.92 Å². The molecule has 0 atom stereocenters. The maximum absolute atomic E-state index is 13.1. The third-order valence-electron chi connectivity index (χ3n) is 2.16. The maximum Gasteiger partial charge on any atom is 0.350 e. The summed E-state index contributed by atoms with van der Waals surface area (Å²) in [5.74, 6) is -1.97. The van der Waals surface area contributed by atoms with E-state index in [-0.39, 0.29) is 22.7 Å². The van der Waals surface area contributed by atoms with E-state index in [2.05, 4.69) is 4.98 Å². The van der Waals surface area contributed by atoms with E-state index < -0.39 is 17.6 Å². The van der Waals surface area contributed by atoms with Crippen LogP contribution in [0.4, 0.5) is 8.78 Å². The quantitative estimate of drug-likeness (QED) is 0.803. The minimum absolute atomic E-state index is 0.219. The molecule has 0 fully saturated rings. The molecule has 18 heavy (non-hydrogen) atoms. The van der Waals surface area contributed by atoms with E-state index in [1.54, 1.807) is 6.92 Å². The largest absolute Gasteiger partial charge is 0.462 e. The Morgan fingerprint density at radius 2 is 2.00 bits per heavy atom. The zero-order chi connectivity index (χ0) is 13.1. The number of thiazole rings is 1. The monoisotopic (exact) mass is 269 g/mol. The molecule has 0 aliphatic rings. The molecule has 2 rings (SSSR count). The van der Waals surface area contributed by atoms with Gasteiger partial charge in [0.15, 0.2) is 0 Å². The minimum Gasteiger partial charge on any atom is -0.462 e. The first-order valence-corrected chi connectivity index (χ1v) is 6.07. The Balaban J connectivity index is 2.45. The second kappa shape index (κ2) is 5.22. The van der Waals surface area contributed by atoms with Crippen LogP contribution in [0, 0.1) is 11.6 Å². The van der Waals surface area contributed by atoms with Crippen LogP contribution in [0.15, 0.2) is 23.7 Å². The average Bonchev–Trinajstić information content (AvgIpc) is 2.76. The summed E-state index contributed by atoms with van der Waals surface area (Å²) in [4.78, 5) is 15.8. The third kappa shape index (κ3) is 2.53. The van der Waals surface area contributed by atoms with Gasteiger partial charge in [0.2, 0.25) is 0 Å². The Morgan fingerprint density at radius 1 is 1.33 bits per heavy atom. The molecule has 0 spiro atoms. The van der Waals surface area contributed by atoms with Gasteiger partial charge in [0.05, 0.1) is 17.8 Å². The highest BCUT2D eigenvalue weighted by molar-refractivity contribution is 7.12. The van der Waals surface area contributed by atoms with Gasteiger partial charge < -0.3 is 4.74 Å². The lowest BCUT2D eigenvalue weighted by Gasteiger charge is -2.03. The van der Waals surface area contributed by atoms with Gasteiger partial charge in [-0.15, -0.1) is 11.3 Å². The second-order valence-electron chi connectivity index (χ2n) is 3.41. The number of aromatic nitrogens is 1. The van der Waals surface area contributed by atoms with Crippen molar-refractivity contribution in [3.63, 3.8) is 0 Å². The average molecular weight is 269 g/mol. The van der Waals surface area contributed by atoms with Crippen LogP contribution >= 0.6 is 11.3 Å². The number of ether oxygens (including phenoxy) is 1. The minimum atomic E-state index is -0.715. The molecule has 94 valence electrons. The summed E-state index contributed by atoms with van der Waals surface area (Å²) in [6, 6.07) is 3.02. The Morgan fingerprint density at radius 3 is 2.61 bits per heavy atom. The van der Waals surface area contributed by atoms with Gasteiger partial charge in [0.1, 0.15) is 16.5 Å². The Hall–Kier alpha value is -1.82. The van der Waals surface area contributed by atoms with E-state index in [4.69, 9.17) is 4.74 Å². The van der Waals surface area contributed by atoms with Crippen LogP contribution in [0.5, 0.6) is 0 Å². The van der Waals surface area contributed by atoms with Crippen LogP contribution in [0.2, 0.25) is 0 Å². The molecule has 0 saturated carbocycles. The first-order valence-electron chi connectivity index (χ1n) is 5.19. The number of halogens is 2. The predicted octanol–water partition coefficient (Wildman–Crippen LogP) is 3.27. The molecule has 0 aliphatic heterocycles. The van der Waals surface area contributed by atoms with E-state index in [9.17, 15) is 13.6 Å². The molecule has 0 unspecified atom stereocenters. The summed E-state index contributed by atoms with van der Waals surface area (Å²) in [5.41, 5.74) is 1.89. The number of hydrogen-bond acceptors (Lipinski definition) is 4. The van der Waals surface area contributed by atoms with Gasteiger partial charge in [0.25, 0.3) is 0 Å². The molecule has 0 bridgehead atoms. The molecule has 0 radical (unpaired) electrons. The highest BCUT2D eigenvalue weighted by Gasteiger charge is 2.18. The van der Waals surface area contributed by atoms with Gasteiger partial charge in [-0.25, -0.2) is 18.6 Å². The molecule has 0 N–H and O–H groups in total. The fourth-order valence-electron chi connectivity index (χ4n) is 1.48. The maximum atomic E-state index is 13.1. The van der Waals surface area contributed by atoms with Crippen molar-refractivity contribution in [3.05, 3.63) is 40.2 Å². The standard InChI is InChI=1S/C12H9F2NO2S/c1-2-17-12(16)11-10(15-6-18-11)7-3-8(13)5-9(14)4-7/h3-6H,2H2,1H3. The van der Waals surface area contributed by atoms with Crippen LogP contribution in [-0.2, 0) is 4.74 Å². The molecule has 6 heteroatoms. The highest BCUT2D eigenvalue weighted by Crippen LogP contribution is 2.27. The number of carbonyl (C=O) groups excluding carboxylic acids is 1. The smallest absolute Gasteiger partial charge is 0.350 e. The van der Waals surface area contributed by atoms with Crippen molar-refractivity contribution in [2.24, 2.45) is 0 Å². The van der Waals surface area contributed by atoms with Gasteiger partial charge in [-0.05, 0) is 19.1 Å². The second-order valence-corrected chi connectivity index (χ2v) is 4.26. The van der Waals surface area contributed by atoms with Crippen molar-refractivity contribution in [2.75, 3.05) is 6.61 Å². The first kappa shape index (κ1) is 12.6. The lowest BCUT2D eigenvalue weighted by atomic mass is 10.1. The van der Waals surface area contributed by atoms with E-state index in [0.29, 0.717) is 0 Å². The molecule has 0 aliphatic carbocycles. The first-order chi connectivity index (χ1) is 8.61. The third-order valence-corrected chi connectivity index (χ3v) is 2.97. The molecule has 0 amide bonds. The Labute approximate surface area is 106 Å². The van der Waals surface area contributed by atoms with Crippen molar-refractivity contribution < 1.29 is 18.3 Å². The summed E-state index contributed by atoms with van der Waals surface area (Å²) < 4.78 is 31.1. The van der Waals surface area contributed by atoms with Gasteiger partial charge in [-0.3, -0.25) is 0 Å². The van der Waals surface area contributed by atoms with Crippen LogP contribution < -0.4 is 0 Å². The van der Waals surface area contributed by atoms with Gasteiger partial charge in [0, 0.05) is 11.6 Å². The summed E-state index contributed by atoms with van der Waals surface area (Å²) >= 11 is 1.07. The number of nitrogens with zero attached hydrogens (tertiary/aromatic N) is 1. The lowest BCUT2D eigenvalue weighted by molar-refractivity contribution is 0.0532. The van der Waals surface area contributed by atoms with Crippen LogP contribution in [0.25, 0.3) is 11.3 Å². The molecule has 1 aromatic heterocycles. The lowest BCUT2D eigenvalue weighted by Crippen LogP contribution is -2.04. The number of carbonyl (C=O) groups is 1. The van der Waals surface area contributed by atoms with E-state index in [1.807, 2.05) is 0 Å². The van der Waals surface area contributed by atoms with E-state index in [0.717, 1.165) is 29.5 Å². The zero-order valence-electron chi connectivity index (χ0n) is 9.44. The normalized spacial score (nSPS) is 10.4. The predicted molar refractivity (Wildman–Crippen MR) is 63.4 cm³/mol. The fraction of sp³-hybridized carbons (Fsp3) is 0.167. The summed E-state index contributed by atoms with van der Waals surface area (Å²) in [6.45, 7) is 1.91. The number of rotatable bonds is 3. The topological polar surface area (TPSA) is 39.2 Å². The van der Waals surface area contributed by atoms with Gasteiger partial charge in [-0.1, -0.05) is 0 Å². The van der Waals surface area contributed by atoms with Crippen LogP contribution in [0.1, 0.15) is 16.6 Å². The van der Waals surface area contributed by atoms with Crippen LogP contribution in [-0.4, -0.2) is 17.6 Å². The molecule has 3 nitrogen and oxygen atoms in total. The van der Waals surface area contributed by atoms with Crippen LogP contribution in [0.3, 0.4) is 0 Å². The number of benzene rings is 1. The van der Waals surface area contributed by atoms with Crippen molar-refractivity contribution >= 4 is 17.3 Å². The molecule has 1 aromatic carbocycles. The van der Waals surface area contributed by atoms with Crippen molar-refractivity contribution in [1.29, 1.82) is 0 Å². The molecule has 2 aromatic rings. The summed E-state index contributed by atoms with van der Waals surface area (Å²) in [6.07, 6.45) is 0. The molecular weight excluding hydrogens is 260 g/mol. The van der Waals surface area contributed by atoms with E-state index >= 15 is 0 Å². The summed E-state index contributed by atoms with van der Waals surface area (Å²) in [5, 5.41) is 0. The zero-order valence-corrected chi connectivity index (χ0v) is 10.3. The summed E-state index contributed by atoms with van der Waals surface area (Å²) in [7, 11) is 0. The fourth-order valence-corrected chi connectivity index (χ4v) is 2.18. The number of esters is 1. The Kier molecular flexibility index (Phi) is 3.66. The van der Waals surface area contributed by atoms with Crippen molar-refractivity contribution in [3.8, 4) is 11.3 Å². The van der Waals surface area contributed by atoms with E-state index in [1.165, 1.54) is 5.51 Å². The molecule has 1 heterocycles. The Bertz CT molecular complexity index is 563.